The minimum absolute atomic E-state index is 0.0941. The van der Waals surface area contributed by atoms with Crippen LogP contribution in [0.3, 0.4) is 0 Å². The van der Waals surface area contributed by atoms with E-state index in [0.717, 1.165) is 17.8 Å². The number of fused-ring (bicyclic) bond motifs is 1. The molecule has 4 rings (SSSR count). The Balaban J connectivity index is 1.33. The van der Waals surface area contributed by atoms with E-state index in [4.69, 9.17) is 9.47 Å². The lowest BCUT2D eigenvalue weighted by molar-refractivity contribution is -0.158. The minimum Gasteiger partial charge on any atom is -0.389 e. The molecule has 0 unspecified atom stereocenters. The van der Waals surface area contributed by atoms with Crippen LogP contribution in [0.2, 0.25) is 0 Å². The number of amides is 1. The highest BCUT2D eigenvalue weighted by Gasteiger charge is 2.38. The molecule has 0 radical (unpaired) electrons. The number of rotatable bonds is 6. The molecule has 2 aliphatic heterocycles. The normalized spacial score (nSPS) is 27.2. The first kappa shape index (κ1) is 22.3. The van der Waals surface area contributed by atoms with E-state index < -0.39 is 6.10 Å². The van der Waals surface area contributed by atoms with E-state index in [2.05, 4.69) is 15.2 Å². The van der Waals surface area contributed by atoms with Crippen LogP contribution in [0.4, 0.5) is 4.39 Å². The quantitative estimate of drug-likeness (QED) is 0.703. The van der Waals surface area contributed by atoms with Crippen molar-refractivity contribution in [2.45, 2.75) is 56.7 Å². The standard InChI is InChI=1S/C22H28FN3O4S/c23-18-4-2-1-3-15(18)10-25-21(28)9-17-5-6-19-20(30-17)14-29-13-16(27)11-26(19)12-22-24-7-8-31-22/h1-4,7-8,16-17,19-20,27H,5-6,9-14H2,(H,25,28)/t16-,17-,19-,20+/m1/s1. The van der Waals surface area contributed by atoms with Gasteiger partial charge in [-0.05, 0) is 18.9 Å². The first-order chi connectivity index (χ1) is 15.1. The fourth-order valence-electron chi connectivity index (χ4n) is 4.25. The Morgan fingerprint density at radius 1 is 1.32 bits per heavy atom. The van der Waals surface area contributed by atoms with Crippen LogP contribution in [0.25, 0.3) is 0 Å². The minimum atomic E-state index is -0.553. The van der Waals surface area contributed by atoms with E-state index in [0.29, 0.717) is 25.3 Å². The van der Waals surface area contributed by atoms with Crippen LogP contribution in [0, 0.1) is 5.82 Å². The summed E-state index contributed by atoms with van der Waals surface area (Å²) in [4.78, 5) is 19.0. The van der Waals surface area contributed by atoms with Gasteiger partial charge in [0.1, 0.15) is 10.8 Å². The summed E-state index contributed by atoms with van der Waals surface area (Å²) in [5, 5.41) is 16.0. The number of hydrogen-bond donors (Lipinski definition) is 2. The van der Waals surface area contributed by atoms with Crippen LogP contribution in [-0.2, 0) is 27.4 Å². The van der Waals surface area contributed by atoms with Crippen LogP contribution in [0.15, 0.2) is 35.8 Å². The molecular weight excluding hydrogens is 421 g/mol. The Kier molecular flexibility index (Phi) is 7.62. The lowest BCUT2D eigenvalue weighted by Gasteiger charge is -2.44. The van der Waals surface area contributed by atoms with E-state index in [1.165, 1.54) is 6.07 Å². The van der Waals surface area contributed by atoms with Gasteiger partial charge in [0.2, 0.25) is 5.91 Å². The van der Waals surface area contributed by atoms with Gasteiger partial charge in [0.15, 0.2) is 0 Å². The number of ether oxygens (including phenoxy) is 2. The second kappa shape index (κ2) is 10.6. The molecular formula is C22H28FN3O4S. The zero-order chi connectivity index (χ0) is 21.6. The predicted octanol–water partition coefficient (Wildman–Crippen LogP) is 2.10. The number of nitrogens with one attached hydrogen (secondary N) is 1. The average molecular weight is 450 g/mol. The van der Waals surface area contributed by atoms with Gasteiger partial charge in [-0.2, -0.15) is 0 Å². The number of aliphatic hydroxyl groups is 1. The number of carbonyl (C=O) groups is 1. The molecule has 9 heteroatoms. The molecule has 1 amide bonds. The summed E-state index contributed by atoms with van der Waals surface area (Å²) in [7, 11) is 0. The van der Waals surface area contributed by atoms with Gasteiger partial charge in [0, 0.05) is 36.3 Å². The molecule has 4 atom stereocenters. The Hall–Kier alpha value is -1.91. The zero-order valence-electron chi connectivity index (χ0n) is 17.3. The third-order valence-electron chi connectivity index (χ3n) is 5.76. The van der Waals surface area contributed by atoms with Crippen molar-refractivity contribution < 1.29 is 23.8 Å². The second-order valence-corrected chi connectivity index (χ2v) is 9.04. The number of benzene rings is 1. The van der Waals surface area contributed by atoms with E-state index in [1.807, 2.05) is 5.38 Å². The van der Waals surface area contributed by atoms with Crippen molar-refractivity contribution in [2.75, 3.05) is 19.8 Å². The number of halogens is 1. The maximum atomic E-state index is 13.7. The molecule has 2 aliphatic rings. The van der Waals surface area contributed by atoms with Crippen molar-refractivity contribution in [3.05, 3.63) is 52.2 Å². The van der Waals surface area contributed by atoms with Crippen LogP contribution in [-0.4, -0.2) is 65.0 Å². The summed E-state index contributed by atoms with van der Waals surface area (Å²) in [5.74, 6) is -0.484. The summed E-state index contributed by atoms with van der Waals surface area (Å²) < 4.78 is 25.7. The Labute approximate surface area is 185 Å². The topological polar surface area (TPSA) is 83.9 Å². The van der Waals surface area contributed by atoms with Gasteiger partial charge in [0.25, 0.3) is 0 Å². The van der Waals surface area contributed by atoms with E-state index in [-0.39, 0.29) is 49.5 Å². The number of hydrogen-bond acceptors (Lipinski definition) is 7. The van der Waals surface area contributed by atoms with Gasteiger partial charge in [-0.3, -0.25) is 9.69 Å². The number of nitrogens with zero attached hydrogens (tertiary/aromatic N) is 2. The molecule has 168 valence electrons. The van der Waals surface area contributed by atoms with Crippen LogP contribution >= 0.6 is 11.3 Å². The van der Waals surface area contributed by atoms with Gasteiger partial charge in [-0.15, -0.1) is 11.3 Å². The number of carbonyl (C=O) groups excluding carboxylic acids is 1. The third-order valence-corrected chi connectivity index (χ3v) is 6.52. The Morgan fingerprint density at radius 2 is 2.19 bits per heavy atom. The fraction of sp³-hybridized carbons (Fsp3) is 0.545. The molecule has 1 aromatic carbocycles. The molecule has 0 bridgehead atoms. The molecule has 2 aromatic rings. The molecule has 1 aromatic heterocycles. The molecule has 2 N–H and O–H groups in total. The molecule has 0 aliphatic carbocycles. The number of aromatic nitrogens is 1. The molecule has 7 nitrogen and oxygen atoms in total. The smallest absolute Gasteiger partial charge is 0.222 e. The second-order valence-electron chi connectivity index (χ2n) is 8.06. The number of β-amino-alcohol motifs (C(OH)–C–C–N with tert-alkyl or cyclic N) is 1. The van der Waals surface area contributed by atoms with Gasteiger partial charge in [-0.25, -0.2) is 9.37 Å². The molecule has 0 spiro atoms. The highest BCUT2D eigenvalue weighted by Crippen LogP contribution is 2.29. The van der Waals surface area contributed by atoms with Crippen LogP contribution in [0.1, 0.15) is 29.8 Å². The van der Waals surface area contributed by atoms with Crippen LogP contribution < -0.4 is 5.32 Å². The fourth-order valence-corrected chi connectivity index (χ4v) is 4.89. The number of aliphatic hydroxyl groups excluding tert-OH is 1. The Morgan fingerprint density at radius 3 is 3.00 bits per heavy atom. The highest BCUT2D eigenvalue weighted by molar-refractivity contribution is 7.09. The van der Waals surface area contributed by atoms with Gasteiger partial charge in [0.05, 0.1) is 44.5 Å². The monoisotopic (exact) mass is 449 g/mol. The van der Waals surface area contributed by atoms with Crippen molar-refractivity contribution >= 4 is 17.2 Å². The van der Waals surface area contributed by atoms with Gasteiger partial charge < -0.3 is 19.9 Å². The van der Waals surface area contributed by atoms with E-state index >= 15 is 0 Å². The highest BCUT2D eigenvalue weighted by atomic mass is 32.1. The molecule has 0 saturated carbocycles. The van der Waals surface area contributed by atoms with Crippen molar-refractivity contribution in [2.24, 2.45) is 0 Å². The molecule has 3 heterocycles. The molecule has 2 fully saturated rings. The lowest BCUT2D eigenvalue weighted by atomic mass is 9.94. The van der Waals surface area contributed by atoms with E-state index in [1.54, 1.807) is 35.7 Å². The zero-order valence-corrected chi connectivity index (χ0v) is 18.1. The summed E-state index contributed by atoms with van der Waals surface area (Å²) in [6, 6.07) is 6.51. The maximum absolute atomic E-state index is 13.7. The van der Waals surface area contributed by atoms with Crippen LogP contribution in [0.5, 0.6) is 0 Å². The number of thiazole rings is 1. The summed E-state index contributed by atoms with van der Waals surface area (Å²) in [6.45, 7) is 1.95. The van der Waals surface area contributed by atoms with Crippen molar-refractivity contribution in [1.29, 1.82) is 0 Å². The largest absolute Gasteiger partial charge is 0.389 e. The summed E-state index contributed by atoms with van der Waals surface area (Å²) >= 11 is 1.60. The van der Waals surface area contributed by atoms with Crippen molar-refractivity contribution in [3.8, 4) is 0 Å². The SMILES string of the molecule is O=C(C[C@H]1CC[C@@H]2[C@H](COC[C@H](O)CN2Cc2nccs2)O1)NCc1ccccc1F. The molecule has 2 saturated heterocycles. The van der Waals surface area contributed by atoms with Crippen molar-refractivity contribution in [3.63, 3.8) is 0 Å². The van der Waals surface area contributed by atoms with Gasteiger partial charge >= 0.3 is 0 Å². The molecule has 31 heavy (non-hydrogen) atoms. The summed E-state index contributed by atoms with van der Waals surface area (Å²) in [5.41, 5.74) is 0.463. The van der Waals surface area contributed by atoms with Crippen molar-refractivity contribution in [1.82, 2.24) is 15.2 Å². The average Bonchev–Trinajstić information content (AvgIpc) is 3.25. The van der Waals surface area contributed by atoms with E-state index in [9.17, 15) is 14.3 Å². The Bertz CT molecular complexity index is 853. The van der Waals surface area contributed by atoms with Gasteiger partial charge in [-0.1, -0.05) is 18.2 Å². The maximum Gasteiger partial charge on any atom is 0.222 e. The lowest BCUT2D eigenvalue weighted by Crippen LogP contribution is -2.55. The predicted molar refractivity (Wildman–Crippen MR) is 114 cm³/mol. The third kappa shape index (κ3) is 6.08. The first-order valence-electron chi connectivity index (χ1n) is 10.6. The first-order valence-corrected chi connectivity index (χ1v) is 11.5. The summed E-state index contributed by atoms with van der Waals surface area (Å²) in [6.07, 6.45) is 2.65.